The van der Waals surface area contributed by atoms with Crippen LogP contribution in [0.25, 0.3) is 0 Å². The summed E-state index contributed by atoms with van der Waals surface area (Å²) in [6, 6.07) is 0. The van der Waals surface area contributed by atoms with E-state index in [1.807, 2.05) is 10.6 Å². The predicted octanol–water partition coefficient (Wildman–Crippen LogP) is -2.30. The number of hydrogen-bond donors (Lipinski definition) is 2. The third kappa shape index (κ3) is 1.95. The van der Waals surface area contributed by atoms with Crippen molar-refractivity contribution < 1.29 is 22.6 Å². The van der Waals surface area contributed by atoms with E-state index in [9.17, 15) is 22.6 Å². The van der Waals surface area contributed by atoms with Crippen molar-refractivity contribution in [2.75, 3.05) is 0 Å². The summed E-state index contributed by atoms with van der Waals surface area (Å²) >= 11 is 0. The van der Waals surface area contributed by atoms with Crippen LogP contribution in [0.2, 0.25) is 0 Å². The normalized spacial score (nSPS) is 29.4. The van der Waals surface area contributed by atoms with Gasteiger partial charge in [0.05, 0.1) is 0 Å². The van der Waals surface area contributed by atoms with Crippen molar-refractivity contribution in [1.82, 2.24) is 10.6 Å². The monoisotopic (exact) mass is 207 g/mol. The third-order valence-electron chi connectivity index (χ3n) is 1.62. The Morgan fingerprint density at radius 2 is 1.62 bits per heavy atom. The third-order valence-corrected chi connectivity index (χ3v) is 2.44. The largest absolute Gasteiger partial charge is 0.745 e. The lowest BCUT2D eigenvalue weighted by Crippen LogP contribution is -2.61. The Morgan fingerprint density at radius 1 is 1.23 bits per heavy atom. The van der Waals surface area contributed by atoms with E-state index in [0.29, 0.717) is 0 Å². The van der Waals surface area contributed by atoms with Gasteiger partial charge in [-0.05, 0) is 6.92 Å². The highest BCUT2D eigenvalue weighted by molar-refractivity contribution is 7.86. The zero-order chi connectivity index (χ0) is 10.2. The lowest BCUT2D eigenvalue weighted by molar-refractivity contribution is -0.138. The van der Waals surface area contributed by atoms with Gasteiger partial charge >= 0.3 is 0 Å². The molecule has 0 aromatic rings. The smallest absolute Gasteiger partial charge is 0.234 e. The Hall–Kier alpha value is -1.15. The molecule has 0 aromatic heterocycles. The molecule has 1 aliphatic rings. The average Bonchev–Trinajstić information content (AvgIpc) is 1.97. The van der Waals surface area contributed by atoms with Gasteiger partial charge < -0.3 is 15.2 Å². The van der Waals surface area contributed by atoms with Gasteiger partial charge in [0.25, 0.3) is 0 Å². The highest BCUT2D eigenvalue weighted by Crippen LogP contribution is 2.04. The Labute approximate surface area is 74.2 Å². The lowest BCUT2D eigenvalue weighted by Gasteiger charge is -2.29. The second kappa shape index (κ2) is 2.96. The summed E-state index contributed by atoms with van der Waals surface area (Å²) in [6.07, 6.45) is 0. The summed E-state index contributed by atoms with van der Waals surface area (Å²) in [5.74, 6) is -2.51. The first kappa shape index (κ1) is 9.93. The van der Waals surface area contributed by atoms with Crippen molar-refractivity contribution >= 4 is 21.9 Å². The summed E-state index contributed by atoms with van der Waals surface area (Å²) < 4.78 is 31.2. The summed E-state index contributed by atoms with van der Waals surface area (Å²) in [5.41, 5.74) is -1.84. The zero-order valence-electron chi connectivity index (χ0n) is 6.60. The second-order valence-electron chi connectivity index (χ2n) is 2.61. The van der Waals surface area contributed by atoms with Crippen molar-refractivity contribution in [2.24, 2.45) is 5.92 Å². The van der Waals surface area contributed by atoms with Gasteiger partial charge in [-0.15, -0.1) is 0 Å². The average molecular weight is 207 g/mol. The fourth-order valence-electron chi connectivity index (χ4n) is 0.808. The maximum absolute atomic E-state index is 10.9. The van der Waals surface area contributed by atoms with Crippen LogP contribution in [0.15, 0.2) is 0 Å². The Balaban J connectivity index is 2.88. The van der Waals surface area contributed by atoms with Gasteiger partial charge in [-0.2, -0.15) is 0 Å². The van der Waals surface area contributed by atoms with E-state index in [0.717, 1.165) is 0 Å². The van der Waals surface area contributed by atoms with E-state index in [4.69, 9.17) is 0 Å². The Bertz CT molecular complexity index is 330. The van der Waals surface area contributed by atoms with E-state index in [1.54, 1.807) is 0 Å². The topological polar surface area (TPSA) is 115 Å². The molecule has 1 fully saturated rings. The highest BCUT2D eigenvalue weighted by Gasteiger charge is 2.33. The summed E-state index contributed by atoms with van der Waals surface area (Å²) in [6.45, 7) is 1.30. The zero-order valence-corrected chi connectivity index (χ0v) is 7.42. The molecule has 1 aliphatic heterocycles. The summed E-state index contributed by atoms with van der Waals surface area (Å²) in [7, 11) is -4.73. The molecule has 7 nitrogen and oxygen atoms in total. The molecule has 2 N–H and O–H groups in total. The molecule has 0 unspecified atom stereocenters. The van der Waals surface area contributed by atoms with E-state index in [1.165, 1.54) is 6.92 Å². The molecule has 1 saturated heterocycles. The van der Waals surface area contributed by atoms with Crippen LogP contribution in [0.1, 0.15) is 6.92 Å². The van der Waals surface area contributed by atoms with Crippen LogP contribution in [0.3, 0.4) is 0 Å². The molecular formula is C5H7N2O5S-. The maximum Gasteiger partial charge on any atom is 0.234 e. The molecule has 2 amide bonds. The highest BCUT2D eigenvalue weighted by atomic mass is 32.2. The van der Waals surface area contributed by atoms with E-state index in [2.05, 4.69) is 0 Å². The van der Waals surface area contributed by atoms with E-state index < -0.39 is 33.3 Å². The molecule has 1 heterocycles. The van der Waals surface area contributed by atoms with Gasteiger partial charge in [-0.3, -0.25) is 9.59 Å². The van der Waals surface area contributed by atoms with Crippen molar-refractivity contribution in [1.29, 1.82) is 0 Å². The fraction of sp³-hybridized carbons (Fsp3) is 0.600. The van der Waals surface area contributed by atoms with Gasteiger partial charge in [0, 0.05) is 0 Å². The second-order valence-corrected chi connectivity index (χ2v) is 4.07. The van der Waals surface area contributed by atoms with Crippen LogP contribution >= 0.6 is 0 Å². The summed E-state index contributed by atoms with van der Waals surface area (Å²) in [4.78, 5) is 21.8. The van der Waals surface area contributed by atoms with Crippen LogP contribution in [-0.2, 0) is 19.7 Å². The molecule has 0 radical (unpaired) electrons. The van der Waals surface area contributed by atoms with Gasteiger partial charge in [-0.1, -0.05) is 0 Å². The number of nitrogens with one attached hydrogen (secondary N) is 2. The SMILES string of the molecule is CC1C(=O)NC(S(=O)(=O)[O-])NC1=O. The first-order valence-electron chi connectivity index (χ1n) is 3.38. The molecule has 74 valence electrons. The Kier molecular flexibility index (Phi) is 2.26. The number of amides is 2. The van der Waals surface area contributed by atoms with Gasteiger partial charge in [0.2, 0.25) is 11.8 Å². The van der Waals surface area contributed by atoms with Crippen LogP contribution in [-0.4, -0.2) is 30.3 Å². The minimum atomic E-state index is -4.73. The lowest BCUT2D eigenvalue weighted by atomic mass is 10.1. The van der Waals surface area contributed by atoms with Crippen molar-refractivity contribution in [2.45, 2.75) is 12.4 Å². The quantitative estimate of drug-likeness (QED) is 0.370. The first-order chi connectivity index (χ1) is 5.82. The van der Waals surface area contributed by atoms with Crippen molar-refractivity contribution in [3.05, 3.63) is 0 Å². The molecule has 13 heavy (non-hydrogen) atoms. The minimum Gasteiger partial charge on any atom is -0.745 e. The van der Waals surface area contributed by atoms with Crippen LogP contribution in [0.5, 0.6) is 0 Å². The van der Waals surface area contributed by atoms with Crippen molar-refractivity contribution in [3.8, 4) is 0 Å². The molecule has 0 spiro atoms. The number of hydrogen-bond acceptors (Lipinski definition) is 5. The minimum absolute atomic E-state index is 0.770. The molecule has 8 heteroatoms. The number of carbonyl (C=O) groups excluding carboxylic acids is 2. The van der Waals surface area contributed by atoms with E-state index in [-0.39, 0.29) is 0 Å². The van der Waals surface area contributed by atoms with Crippen LogP contribution in [0.4, 0.5) is 0 Å². The van der Waals surface area contributed by atoms with Crippen molar-refractivity contribution in [3.63, 3.8) is 0 Å². The molecule has 1 rings (SSSR count). The standard InChI is InChI=1S/C5H8N2O5S/c1-2-3(8)6-5(7-4(2)9)13(10,11)12/h2,5H,1H3,(H,6,8)(H,7,9)(H,10,11,12)/p-1. The molecular weight excluding hydrogens is 200 g/mol. The molecule has 0 atom stereocenters. The molecule has 0 saturated carbocycles. The Morgan fingerprint density at radius 3 is 1.92 bits per heavy atom. The summed E-state index contributed by atoms with van der Waals surface area (Å²) in [5, 5.41) is 3.73. The number of rotatable bonds is 1. The first-order valence-corrected chi connectivity index (χ1v) is 4.85. The van der Waals surface area contributed by atoms with Crippen LogP contribution < -0.4 is 10.6 Å². The molecule has 0 aromatic carbocycles. The predicted molar refractivity (Wildman–Crippen MR) is 38.9 cm³/mol. The number of carbonyl (C=O) groups is 2. The maximum atomic E-state index is 10.9. The fourth-order valence-corrected chi connectivity index (χ4v) is 1.33. The van der Waals surface area contributed by atoms with Crippen LogP contribution in [0, 0.1) is 5.92 Å². The van der Waals surface area contributed by atoms with Gasteiger partial charge in [0.15, 0.2) is 5.50 Å². The van der Waals surface area contributed by atoms with E-state index >= 15 is 0 Å². The van der Waals surface area contributed by atoms with Gasteiger partial charge in [0.1, 0.15) is 16.0 Å². The molecule has 0 bridgehead atoms. The molecule has 0 aliphatic carbocycles. The van der Waals surface area contributed by atoms with Gasteiger partial charge in [-0.25, -0.2) is 8.42 Å².